The standard InChI is InChI=1S/C14H21N3O2/c1-10-7-12(15-4)11(8-16-10)13(18)17-5-6-19-9-14(17,2)3/h7-8H,5-6,9H2,1-4H3,(H,15,16). The minimum absolute atomic E-state index is 0.00477. The summed E-state index contributed by atoms with van der Waals surface area (Å²) in [6.45, 7) is 7.71. The van der Waals surface area contributed by atoms with Crippen LogP contribution < -0.4 is 5.32 Å². The van der Waals surface area contributed by atoms with Gasteiger partial charge in [-0.3, -0.25) is 9.78 Å². The first kappa shape index (κ1) is 13.8. The fourth-order valence-corrected chi connectivity index (χ4v) is 2.32. The molecule has 0 aliphatic carbocycles. The van der Waals surface area contributed by atoms with Crippen LogP contribution in [0.5, 0.6) is 0 Å². The molecule has 104 valence electrons. The number of hydrogen-bond donors (Lipinski definition) is 1. The van der Waals surface area contributed by atoms with Crippen molar-refractivity contribution in [2.75, 3.05) is 32.1 Å². The van der Waals surface area contributed by atoms with Gasteiger partial charge in [-0.05, 0) is 26.8 Å². The molecule has 0 aromatic carbocycles. The van der Waals surface area contributed by atoms with Crippen LogP contribution in [-0.2, 0) is 4.74 Å². The van der Waals surface area contributed by atoms with Crippen molar-refractivity contribution in [1.29, 1.82) is 0 Å². The van der Waals surface area contributed by atoms with Gasteiger partial charge in [-0.25, -0.2) is 0 Å². The first-order valence-electron chi connectivity index (χ1n) is 6.50. The van der Waals surface area contributed by atoms with E-state index in [9.17, 15) is 4.79 Å². The van der Waals surface area contributed by atoms with Crippen molar-refractivity contribution >= 4 is 11.6 Å². The van der Waals surface area contributed by atoms with Gasteiger partial charge in [0.25, 0.3) is 5.91 Å². The van der Waals surface area contributed by atoms with E-state index in [0.29, 0.717) is 25.3 Å². The molecule has 1 N–H and O–H groups in total. The van der Waals surface area contributed by atoms with Gasteiger partial charge in [0.15, 0.2) is 0 Å². The SMILES string of the molecule is CNc1cc(C)ncc1C(=O)N1CCOCC1(C)C. The number of rotatable bonds is 2. The summed E-state index contributed by atoms with van der Waals surface area (Å²) in [5.74, 6) is 0.00477. The molecule has 19 heavy (non-hydrogen) atoms. The smallest absolute Gasteiger partial charge is 0.258 e. The Hall–Kier alpha value is -1.62. The maximum absolute atomic E-state index is 12.7. The summed E-state index contributed by atoms with van der Waals surface area (Å²) in [6.07, 6.45) is 1.65. The van der Waals surface area contributed by atoms with Gasteiger partial charge in [0.05, 0.1) is 30.0 Å². The molecular formula is C14H21N3O2. The van der Waals surface area contributed by atoms with Crippen molar-refractivity contribution < 1.29 is 9.53 Å². The number of aromatic nitrogens is 1. The van der Waals surface area contributed by atoms with Crippen molar-refractivity contribution in [3.05, 3.63) is 23.5 Å². The number of carbonyl (C=O) groups excluding carboxylic acids is 1. The Labute approximate surface area is 114 Å². The topological polar surface area (TPSA) is 54.5 Å². The molecule has 0 bridgehead atoms. The van der Waals surface area contributed by atoms with E-state index in [1.165, 1.54) is 0 Å². The van der Waals surface area contributed by atoms with Crippen LogP contribution in [0.2, 0.25) is 0 Å². The van der Waals surface area contributed by atoms with Crippen molar-refractivity contribution in [3.63, 3.8) is 0 Å². The van der Waals surface area contributed by atoms with E-state index in [2.05, 4.69) is 10.3 Å². The molecule has 5 nitrogen and oxygen atoms in total. The van der Waals surface area contributed by atoms with Crippen LogP contribution in [0, 0.1) is 6.92 Å². The zero-order chi connectivity index (χ0) is 14.0. The van der Waals surface area contributed by atoms with Crippen molar-refractivity contribution in [2.24, 2.45) is 0 Å². The predicted molar refractivity (Wildman–Crippen MR) is 74.5 cm³/mol. The van der Waals surface area contributed by atoms with E-state index in [4.69, 9.17) is 4.74 Å². The third kappa shape index (κ3) is 2.71. The van der Waals surface area contributed by atoms with Crippen LogP contribution in [0.15, 0.2) is 12.3 Å². The van der Waals surface area contributed by atoms with Gasteiger partial charge in [-0.2, -0.15) is 0 Å². The van der Waals surface area contributed by atoms with Gasteiger partial charge in [0.1, 0.15) is 0 Å². The summed E-state index contributed by atoms with van der Waals surface area (Å²) >= 11 is 0. The molecule has 1 aromatic heterocycles. The summed E-state index contributed by atoms with van der Waals surface area (Å²) in [4.78, 5) is 18.8. The highest BCUT2D eigenvalue weighted by Crippen LogP contribution is 2.24. The van der Waals surface area contributed by atoms with Gasteiger partial charge < -0.3 is 15.0 Å². The van der Waals surface area contributed by atoms with Crippen LogP contribution in [0.4, 0.5) is 5.69 Å². The molecule has 5 heteroatoms. The molecule has 1 amide bonds. The molecule has 1 aromatic rings. The lowest BCUT2D eigenvalue weighted by Gasteiger charge is -2.42. The van der Waals surface area contributed by atoms with Crippen LogP contribution >= 0.6 is 0 Å². The normalized spacial score (nSPS) is 18.2. The van der Waals surface area contributed by atoms with Gasteiger partial charge in [-0.15, -0.1) is 0 Å². The van der Waals surface area contributed by atoms with Crippen LogP contribution in [0.25, 0.3) is 0 Å². The Balaban J connectivity index is 2.33. The third-order valence-electron chi connectivity index (χ3n) is 3.43. The number of aryl methyl sites for hydroxylation is 1. The van der Waals surface area contributed by atoms with E-state index in [0.717, 1.165) is 11.4 Å². The molecule has 2 rings (SSSR count). The van der Waals surface area contributed by atoms with Gasteiger partial charge in [0, 0.05) is 25.5 Å². The maximum atomic E-state index is 12.7. The average molecular weight is 263 g/mol. The van der Waals surface area contributed by atoms with Gasteiger partial charge in [0.2, 0.25) is 0 Å². The fraction of sp³-hybridized carbons (Fsp3) is 0.571. The Kier molecular flexibility index (Phi) is 3.75. The number of hydrogen-bond acceptors (Lipinski definition) is 4. The van der Waals surface area contributed by atoms with E-state index >= 15 is 0 Å². The minimum Gasteiger partial charge on any atom is -0.387 e. The van der Waals surface area contributed by atoms with Crippen LogP contribution in [0.3, 0.4) is 0 Å². The van der Waals surface area contributed by atoms with E-state index in [1.807, 2.05) is 38.8 Å². The Morgan fingerprint density at radius 2 is 2.26 bits per heavy atom. The Morgan fingerprint density at radius 1 is 1.53 bits per heavy atom. The minimum atomic E-state index is -0.286. The molecule has 0 atom stereocenters. The molecule has 0 unspecified atom stereocenters. The summed E-state index contributed by atoms with van der Waals surface area (Å²) in [5, 5.41) is 3.06. The number of carbonyl (C=O) groups is 1. The molecule has 0 spiro atoms. The molecular weight excluding hydrogens is 242 g/mol. The zero-order valence-corrected chi connectivity index (χ0v) is 12.0. The number of ether oxygens (including phenoxy) is 1. The maximum Gasteiger partial charge on any atom is 0.258 e. The zero-order valence-electron chi connectivity index (χ0n) is 12.0. The number of nitrogens with zero attached hydrogens (tertiary/aromatic N) is 2. The number of nitrogens with one attached hydrogen (secondary N) is 1. The summed E-state index contributed by atoms with van der Waals surface area (Å²) in [5.41, 5.74) is 2.04. The second-order valence-corrected chi connectivity index (χ2v) is 5.44. The lowest BCUT2D eigenvalue weighted by Crippen LogP contribution is -2.55. The highest BCUT2D eigenvalue weighted by Gasteiger charge is 2.35. The molecule has 1 saturated heterocycles. The fourth-order valence-electron chi connectivity index (χ4n) is 2.32. The lowest BCUT2D eigenvalue weighted by molar-refractivity contribution is -0.0370. The Bertz CT molecular complexity index is 486. The van der Waals surface area contributed by atoms with Crippen molar-refractivity contribution in [3.8, 4) is 0 Å². The van der Waals surface area contributed by atoms with E-state index in [-0.39, 0.29) is 11.4 Å². The first-order chi connectivity index (χ1) is 8.95. The highest BCUT2D eigenvalue weighted by atomic mass is 16.5. The third-order valence-corrected chi connectivity index (χ3v) is 3.43. The number of morpholine rings is 1. The van der Waals surface area contributed by atoms with Gasteiger partial charge in [-0.1, -0.05) is 0 Å². The number of amides is 1. The molecule has 0 saturated carbocycles. The number of anilines is 1. The van der Waals surface area contributed by atoms with Gasteiger partial charge >= 0.3 is 0 Å². The Morgan fingerprint density at radius 3 is 2.89 bits per heavy atom. The quantitative estimate of drug-likeness (QED) is 0.882. The number of pyridine rings is 1. The highest BCUT2D eigenvalue weighted by molar-refractivity contribution is 5.99. The molecule has 1 fully saturated rings. The lowest BCUT2D eigenvalue weighted by atomic mass is 10.0. The first-order valence-corrected chi connectivity index (χ1v) is 6.50. The predicted octanol–water partition coefficient (Wildman–Crippen LogP) is 1.68. The van der Waals surface area contributed by atoms with Crippen molar-refractivity contribution in [1.82, 2.24) is 9.88 Å². The monoisotopic (exact) mass is 263 g/mol. The molecule has 1 aliphatic heterocycles. The summed E-state index contributed by atoms with van der Waals surface area (Å²) in [6, 6.07) is 1.89. The second-order valence-electron chi connectivity index (χ2n) is 5.44. The summed E-state index contributed by atoms with van der Waals surface area (Å²) in [7, 11) is 1.82. The van der Waals surface area contributed by atoms with E-state index < -0.39 is 0 Å². The van der Waals surface area contributed by atoms with Crippen LogP contribution in [-0.4, -0.2) is 48.1 Å². The largest absolute Gasteiger partial charge is 0.387 e. The summed E-state index contributed by atoms with van der Waals surface area (Å²) < 4.78 is 5.45. The second kappa shape index (κ2) is 5.17. The average Bonchev–Trinajstić information content (AvgIpc) is 2.37. The van der Waals surface area contributed by atoms with Crippen LogP contribution in [0.1, 0.15) is 29.9 Å². The molecule has 1 aliphatic rings. The van der Waals surface area contributed by atoms with E-state index in [1.54, 1.807) is 6.20 Å². The molecule has 0 radical (unpaired) electrons. The van der Waals surface area contributed by atoms with Crippen molar-refractivity contribution in [2.45, 2.75) is 26.3 Å². The molecule has 2 heterocycles.